The number of aliphatic hydroxyl groups excluding tert-OH is 1. The third kappa shape index (κ3) is 3.40. The molecule has 18 heavy (non-hydrogen) atoms. The maximum absolute atomic E-state index is 9.33. The number of anilines is 1. The Morgan fingerprint density at radius 1 is 1.33 bits per heavy atom. The Hall–Kier alpha value is -0.710. The Labute approximate surface area is 113 Å². The first-order chi connectivity index (χ1) is 8.63. The van der Waals surface area contributed by atoms with Crippen LogP contribution in [0.4, 0.5) is 5.69 Å². The summed E-state index contributed by atoms with van der Waals surface area (Å²) >= 11 is 1.86. The molecule has 1 heterocycles. The van der Waals surface area contributed by atoms with Crippen LogP contribution >= 0.6 is 11.8 Å². The van der Waals surface area contributed by atoms with Gasteiger partial charge in [0.25, 0.3) is 0 Å². The summed E-state index contributed by atoms with van der Waals surface area (Å²) in [7, 11) is 0. The van der Waals surface area contributed by atoms with E-state index in [1.54, 1.807) is 0 Å². The summed E-state index contributed by atoms with van der Waals surface area (Å²) in [4.78, 5) is 1.29. The largest absolute Gasteiger partial charge is 0.396 e. The fourth-order valence-corrected chi connectivity index (χ4v) is 2.69. The van der Waals surface area contributed by atoms with Crippen molar-refractivity contribution in [3.63, 3.8) is 0 Å². The molecule has 0 saturated carbocycles. The lowest BCUT2D eigenvalue weighted by molar-refractivity contribution is -0.128. The minimum Gasteiger partial charge on any atom is -0.396 e. The molecule has 1 aliphatic heterocycles. The van der Waals surface area contributed by atoms with E-state index < -0.39 is 0 Å². The van der Waals surface area contributed by atoms with Crippen molar-refractivity contribution in [1.82, 2.24) is 0 Å². The summed E-state index contributed by atoms with van der Waals surface area (Å²) in [5.74, 6) is 0. The normalized spacial score (nSPS) is 17.6. The quantitative estimate of drug-likeness (QED) is 0.777. The van der Waals surface area contributed by atoms with E-state index in [4.69, 9.17) is 4.74 Å². The second kappa shape index (κ2) is 5.95. The summed E-state index contributed by atoms with van der Waals surface area (Å²) < 4.78 is 5.18. The van der Waals surface area contributed by atoms with Crippen LogP contribution in [-0.2, 0) is 4.74 Å². The lowest BCUT2D eigenvalue weighted by Gasteiger charge is -2.40. The van der Waals surface area contributed by atoms with Gasteiger partial charge in [0.2, 0.25) is 0 Å². The van der Waals surface area contributed by atoms with Gasteiger partial charge >= 0.3 is 0 Å². The zero-order chi connectivity index (χ0) is 13.0. The highest BCUT2D eigenvalue weighted by atomic mass is 32.2. The second-order valence-electron chi connectivity index (χ2n) is 5.20. The summed E-state index contributed by atoms with van der Waals surface area (Å²) in [5.41, 5.74) is 1.02. The van der Waals surface area contributed by atoms with Crippen molar-refractivity contribution in [2.24, 2.45) is 5.41 Å². The number of rotatable bonds is 6. The molecule has 2 N–H and O–H groups in total. The maximum atomic E-state index is 9.33. The summed E-state index contributed by atoms with van der Waals surface area (Å²) in [5, 5.41) is 13.3. The van der Waals surface area contributed by atoms with E-state index in [0.717, 1.165) is 12.2 Å². The van der Waals surface area contributed by atoms with Gasteiger partial charge in [0.15, 0.2) is 0 Å². The van der Waals surface area contributed by atoms with E-state index in [2.05, 4.69) is 43.4 Å². The molecule has 0 bridgehead atoms. The van der Waals surface area contributed by atoms with E-state index in [-0.39, 0.29) is 12.0 Å². The van der Waals surface area contributed by atoms with Crippen LogP contribution in [0.25, 0.3) is 0 Å². The molecule has 0 amide bonds. The van der Waals surface area contributed by atoms with Crippen LogP contribution < -0.4 is 5.32 Å². The number of nitrogens with one attached hydrogen (secondary N) is 1. The average Bonchev–Trinajstić information content (AvgIpc) is 2.30. The highest BCUT2D eigenvalue weighted by molar-refractivity contribution is 7.99. The molecule has 0 unspecified atom stereocenters. The van der Waals surface area contributed by atoms with Crippen LogP contribution in [0.3, 0.4) is 0 Å². The molecule has 0 radical (unpaired) electrons. The molecule has 100 valence electrons. The summed E-state index contributed by atoms with van der Waals surface area (Å²) in [6, 6.07) is 8.45. The van der Waals surface area contributed by atoms with Gasteiger partial charge in [0, 0.05) is 22.4 Å². The summed E-state index contributed by atoms with van der Waals surface area (Å²) in [6.45, 7) is 6.63. The Kier molecular flexibility index (Phi) is 4.54. The minimum atomic E-state index is -0.0780. The molecule has 0 atom stereocenters. The van der Waals surface area contributed by atoms with E-state index in [1.807, 2.05) is 11.8 Å². The molecule has 0 spiro atoms. The molecule has 0 aliphatic carbocycles. The highest BCUT2D eigenvalue weighted by Gasteiger charge is 2.37. The van der Waals surface area contributed by atoms with Crippen LogP contribution in [-0.4, -0.2) is 36.7 Å². The van der Waals surface area contributed by atoms with Gasteiger partial charge in [0.1, 0.15) is 0 Å². The molecular weight excluding hydrogens is 246 g/mol. The van der Waals surface area contributed by atoms with Gasteiger partial charge < -0.3 is 15.2 Å². The molecular formula is C14H21NO2S. The predicted octanol–water partition coefficient (Wildman–Crippen LogP) is 2.61. The molecule has 2 rings (SSSR count). The molecule has 1 fully saturated rings. The maximum Gasteiger partial charge on any atom is 0.0584 e. The van der Waals surface area contributed by atoms with E-state index >= 15 is 0 Å². The molecule has 1 aliphatic rings. The van der Waals surface area contributed by atoms with Gasteiger partial charge in [-0.3, -0.25) is 0 Å². The van der Waals surface area contributed by atoms with E-state index in [0.29, 0.717) is 18.5 Å². The standard InChI is InChI=1S/C14H21NO2S/c1-11(2)18-13-5-3-12(4-6-13)15-7-14(8-16)9-17-10-14/h3-6,11,15-16H,7-10H2,1-2H3. The first-order valence-corrected chi connectivity index (χ1v) is 7.21. The lowest BCUT2D eigenvalue weighted by atomic mass is 9.87. The zero-order valence-corrected chi connectivity index (χ0v) is 11.8. The van der Waals surface area contributed by atoms with Crippen LogP contribution in [0.1, 0.15) is 13.8 Å². The third-order valence-corrected chi connectivity index (χ3v) is 4.06. The van der Waals surface area contributed by atoms with Gasteiger partial charge in [-0.25, -0.2) is 0 Å². The number of benzene rings is 1. The van der Waals surface area contributed by atoms with Crippen LogP contribution in [0, 0.1) is 5.41 Å². The van der Waals surface area contributed by atoms with Crippen molar-refractivity contribution in [2.75, 3.05) is 31.7 Å². The van der Waals surface area contributed by atoms with E-state index in [9.17, 15) is 5.11 Å². The molecule has 4 heteroatoms. The van der Waals surface area contributed by atoms with Crippen molar-refractivity contribution < 1.29 is 9.84 Å². The Bertz CT molecular complexity index is 368. The first kappa shape index (κ1) is 13.7. The Morgan fingerprint density at radius 3 is 2.44 bits per heavy atom. The topological polar surface area (TPSA) is 41.5 Å². The molecule has 3 nitrogen and oxygen atoms in total. The SMILES string of the molecule is CC(C)Sc1ccc(NCC2(CO)COC2)cc1. The number of hydrogen-bond donors (Lipinski definition) is 2. The number of ether oxygens (including phenoxy) is 1. The zero-order valence-electron chi connectivity index (χ0n) is 11.0. The van der Waals surface area contributed by atoms with Crippen molar-refractivity contribution in [3.8, 4) is 0 Å². The number of aliphatic hydroxyl groups is 1. The molecule has 1 aromatic carbocycles. The lowest BCUT2D eigenvalue weighted by Crippen LogP contribution is -2.50. The van der Waals surface area contributed by atoms with Gasteiger partial charge in [-0.2, -0.15) is 0 Å². The fourth-order valence-electron chi connectivity index (χ4n) is 1.85. The van der Waals surface area contributed by atoms with Crippen LogP contribution in [0.2, 0.25) is 0 Å². The minimum absolute atomic E-state index is 0.0780. The predicted molar refractivity (Wildman–Crippen MR) is 76.3 cm³/mol. The van der Waals surface area contributed by atoms with Crippen molar-refractivity contribution >= 4 is 17.4 Å². The number of thioether (sulfide) groups is 1. The van der Waals surface area contributed by atoms with Gasteiger partial charge in [0.05, 0.1) is 25.2 Å². The van der Waals surface area contributed by atoms with Gasteiger partial charge in [-0.05, 0) is 24.3 Å². The third-order valence-electron chi connectivity index (χ3n) is 3.05. The van der Waals surface area contributed by atoms with Crippen molar-refractivity contribution in [2.45, 2.75) is 24.0 Å². The van der Waals surface area contributed by atoms with Crippen LogP contribution in [0.5, 0.6) is 0 Å². The molecule has 1 saturated heterocycles. The Balaban J connectivity index is 1.86. The van der Waals surface area contributed by atoms with Crippen molar-refractivity contribution in [3.05, 3.63) is 24.3 Å². The number of hydrogen-bond acceptors (Lipinski definition) is 4. The molecule has 1 aromatic rings. The highest BCUT2D eigenvalue weighted by Crippen LogP contribution is 2.28. The van der Waals surface area contributed by atoms with Gasteiger partial charge in [-0.15, -0.1) is 11.8 Å². The first-order valence-electron chi connectivity index (χ1n) is 6.33. The van der Waals surface area contributed by atoms with E-state index in [1.165, 1.54) is 4.90 Å². The van der Waals surface area contributed by atoms with Gasteiger partial charge in [-0.1, -0.05) is 13.8 Å². The smallest absolute Gasteiger partial charge is 0.0584 e. The fraction of sp³-hybridized carbons (Fsp3) is 0.571. The van der Waals surface area contributed by atoms with Crippen molar-refractivity contribution in [1.29, 1.82) is 0 Å². The average molecular weight is 267 g/mol. The Morgan fingerprint density at radius 2 is 2.00 bits per heavy atom. The van der Waals surface area contributed by atoms with Crippen LogP contribution in [0.15, 0.2) is 29.2 Å². The summed E-state index contributed by atoms with van der Waals surface area (Å²) in [6.07, 6.45) is 0. The molecule has 0 aromatic heterocycles. The monoisotopic (exact) mass is 267 g/mol. The second-order valence-corrected chi connectivity index (χ2v) is 6.85.